The van der Waals surface area contributed by atoms with E-state index in [2.05, 4.69) is 19.1 Å². The highest BCUT2D eigenvalue weighted by molar-refractivity contribution is 6.02. The average Bonchev–Trinajstić information content (AvgIpc) is 2.70. The lowest BCUT2D eigenvalue weighted by Crippen LogP contribution is -2.49. The molecule has 2 N–H and O–H groups in total. The van der Waals surface area contributed by atoms with E-state index in [-0.39, 0.29) is 17.7 Å². The first-order valence-corrected chi connectivity index (χ1v) is 10.6. The Morgan fingerprint density at radius 2 is 1.83 bits per heavy atom. The van der Waals surface area contributed by atoms with Crippen LogP contribution in [0.5, 0.6) is 0 Å². The molecular weight excluding hydrogens is 362 g/mol. The van der Waals surface area contributed by atoms with Crippen molar-refractivity contribution in [2.45, 2.75) is 63.9 Å². The lowest BCUT2D eigenvalue weighted by Gasteiger charge is -2.40. The molecule has 4 heteroatoms. The minimum absolute atomic E-state index is 0.00274. The van der Waals surface area contributed by atoms with Gasteiger partial charge in [-0.3, -0.25) is 9.59 Å². The molecule has 29 heavy (non-hydrogen) atoms. The highest BCUT2D eigenvalue weighted by Gasteiger charge is 2.48. The standard InChI is InChI=1S/C25H31NO3/c1-3-14-25(15-13-18-9-6-5-7-10-18)17-22(27)23(24(28)29-25)21(4-2)19-11-8-12-20(26)16-19/h5-12,16,21,23H,3-4,13-15,17,26H2,1-2H3. The number of ketones is 1. The van der Waals surface area contributed by atoms with Gasteiger partial charge in [-0.1, -0.05) is 62.7 Å². The summed E-state index contributed by atoms with van der Waals surface area (Å²) in [4.78, 5) is 26.3. The molecule has 2 aromatic rings. The van der Waals surface area contributed by atoms with Crippen molar-refractivity contribution in [2.24, 2.45) is 5.92 Å². The molecule has 0 bridgehead atoms. The number of carbonyl (C=O) groups is 2. The molecule has 1 aliphatic heterocycles. The van der Waals surface area contributed by atoms with E-state index in [1.807, 2.05) is 49.4 Å². The Labute approximate surface area is 173 Å². The molecule has 2 aromatic carbocycles. The fraction of sp³-hybridized carbons (Fsp3) is 0.440. The van der Waals surface area contributed by atoms with Crippen LogP contribution in [0, 0.1) is 5.92 Å². The van der Waals surface area contributed by atoms with Crippen molar-refractivity contribution < 1.29 is 14.3 Å². The van der Waals surface area contributed by atoms with Crippen molar-refractivity contribution in [1.82, 2.24) is 0 Å². The summed E-state index contributed by atoms with van der Waals surface area (Å²) in [6.45, 7) is 4.06. The Hall–Kier alpha value is -2.62. The zero-order valence-electron chi connectivity index (χ0n) is 17.4. The maximum Gasteiger partial charge on any atom is 0.317 e. The van der Waals surface area contributed by atoms with Gasteiger partial charge in [-0.2, -0.15) is 0 Å². The predicted molar refractivity (Wildman–Crippen MR) is 115 cm³/mol. The summed E-state index contributed by atoms with van der Waals surface area (Å²) < 4.78 is 6.06. The van der Waals surface area contributed by atoms with E-state index in [0.29, 0.717) is 31.4 Å². The molecule has 1 aliphatic rings. The molecule has 0 saturated carbocycles. The summed E-state index contributed by atoms with van der Waals surface area (Å²) in [7, 11) is 0. The van der Waals surface area contributed by atoms with Gasteiger partial charge in [0.25, 0.3) is 0 Å². The van der Waals surface area contributed by atoms with E-state index in [4.69, 9.17) is 10.5 Å². The molecule has 0 amide bonds. The predicted octanol–water partition coefficient (Wildman–Crippen LogP) is 5.07. The number of anilines is 1. The molecule has 3 rings (SSSR count). The molecule has 154 valence electrons. The molecule has 4 nitrogen and oxygen atoms in total. The maximum atomic E-state index is 13.2. The van der Waals surface area contributed by atoms with Crippen LogP contribution >= 0.6 is 0 Å². The molecule has 3 atom stereocenters. The van der Waals surface area contributed by atoms with Crippen molar-refractivity contribution in [2.75, 3.05) is 5.73 Å². The van der Waals surface area contributed by atoms with E-state index in [0.717, 1.165) is 18.4 Å². The van der Waals surface area contributed by atoms with Crippen molar-refractivity contribution >= 4 is 17.4 Å². The number of esters is 1. The Bertz CT molecular complexity index is 828. The highest BCUT2D eigenvalue weighted by Crippen LogP contribution is 2.41. The zero-order chi connectivity index (χ0) is 20.9. The normalized spacial score (nSPS) is 22.9. The van der Waals surface area contributed by atoms with Gasteiger partial charge in [-0.05, 0) is 48.9 Å². The van der Waals surface area contributed by atoms with Gasteiger partial charge in [0.1, 0.15) is 11.5 Å². The van der Waals surface area contributed by atoms with E-state index >= 15 is 0 Å². The van der Waals surface area contributed by atoms with Crippen molar-refractivity contribution in [3.63, 3.8) is 0 Å². The number of benzene rings is 2. The second-order valence-electron chi connectivity index (χ2n) is 8.15. The quantitative estimate of drug-likeness (QED) is 0.386. The monoisotopic (exact) mass is 393 g/mol. The zero-order valence-corrected chi connectivity index (χ0v) is 17.4. The third-order valence-corrected chi connectivity index (χ3v) is 6.01. The van der Waals surface area contributed by atoms with Gasteiger partial charge in [0.2, 0.25) is 0 Å². The third kappa shape index (κ3) is 4.87. The number of aryl methyl sites for hydroxylation is 1. The van der Waals surface area contributed by atoms with Gasteiger partial charge < -0.3 is 10.5 Å². The fourth-order valence-electron chi connectivity index (χ4n) is 4.59. The molecule has 0 aliphatic carbocycles. The summed E-state index contributed by atoms with van der Waals surface area (Å²) in [5, 5.41) is 0. The number of nitrogens with two attached hydrogens (primary N) is 1. The molecule has 0 aromatic heterocycles. The van der Waals surface area contributed by atoms with Crippen LogP contribution in [0.15, 0.2) is 54.6 Å². The van der Waals surface area contributed by atoms with Crippen LogP contribution in [-0.2, 0) is 20.7 Å². The van der Waals surface area contributed by atoms with Gasteiger partial charge >= 0.3 is 5.97 Å². The number of nitrogen functional groups attached to an aromatic ring is 1. The summed E-state index contributed by atoms with van der Waals surface area (Å²) in [5.74, 6) is -1.33. The molecule has 3 unspecified atom stereocenters. The molecule has 0 spiro atoms. The molecule has 1 saturated heterocycles. The van der Waals surface area contributed by atoms with Crippen LogP contribution in [0.3, 0.4) is 0 Å². The van der Waals surface area contributed by atoms with Crippen LogP contribution in [0.4, 0.5) is 5.69 Å². The van der Waals surface area contributed by atoms with Gasteiger partial charge in [0, 0.05) is 18.0 Å². The average molecular weight is 394 g/mol. The SMILES string of the molecule is CCCC1(CCc2ccccc2)CC(=O)C(C(CC)c2cccc(N)c2)C(=O)O1. The number of hydrogen-bond acceptors (Lipinski definition) is 4. The smallest absolute Gasteiger partial charge is 0.317 e. The van der Waals surface area contributed by atoms with Gasteiger partial charge in [-0.15, -0.1) is 0 Å². The fourth-order valence-corrected chi connectivity index (χ4v) is 4.59. The van der Waals surface area contributed by atoms with E-state index in [1.165, 1.54) is 5.56 Å². The Balaban J connectivity index is 1.80. The van der Waals surface area contributed by atoms with Crippen LogP contribution in [0.1, 0.15) is 63.0 Å². The second-order valence-corrected chi connectivity index (χ2v) is 8.15. The molecule has 1 fully saturated rings. The topological polar surface area (TPSA) is 69.4 Å². The number of ether oxygens (including phenoxy) is 1. The summed E-state index contributed by atoms with van der Waals surface area (Å²) >= 11 is 0. The summed E-state index contributed by atoms with van der Waals surface area (Å²) in [5.41, 5.74) is 7.99. The van der Waals surface area contributed by atoms with Crippen LogP contribution in [0.25, 0.3) is 0 Å². The first-order valence-electron chi connectivity index (χ1n) is 10.6. The first-order chi connectivity index (χ1) is 14.0. The van der Waals surface area contributed by atoms with E-state index < -0.39 is 11.5 Å². The molecule has 1 heterocycles. The number of rotatable bonds is 8. The number of carbonyl (C=O) groups excluding carboxylic acids is 2. The minimum atomic E-state index is -0.747. The van der Waals surface area contributed by atoms with Crippen molar-refractivity contribution in [1.29, 1.82) is 0 Å². The van der Waals surface area contributed by atoms with Crippen LogP contribution < -0.4 is 5.73 Å². The lowest BCUT2D eigenvalue weighted by atomic mass is 9.74. The lowest BCUT2D eigenvalue weighted by molar-refractivity contribution is -0.180. The van der Waals surface area contributed by atoms with Gasteiger partial charge in [0.05, 0.1) is 0 Å². The minimum Gasteiger partial charge on any atom is -0.458 e. The van der Waals surface area contributed by atoms with Gasteiger partial charge in [0.15, 0.2) is 5.78 Å². The van der Waals surface area contributed by atoms with Crippen LogP contribution in [-0.4, -0.2) is 17.4 Å². The number of Topliss-reactive ketones (excluding diaryl/α,β-unsaturated/α-hetero) is 1. The summed E-state index contributed by atoms with van der Waals surface area (Å²) in [6.07, 6.45) is 4.01. The highest BCUT2D eigenvalue weighted by atomic mass is 16.6. The number of cyclic esters (lactones) is 1. The first kappa shape index (κ1) is 21.1. The molecule has 0 radical (unpaired) electrons. The Morgan fingerprint density at radius 1 is 1.07 bits per heavy atom. The van der Waals surface area contributed by atoms with E-state index in [1.54, 1.807) is 0 Å². The number of hydrogen-bond donors (Lipinski definition) is 1. The largest absolute Gasteiger partial charge is 0.458 e. The Morgan fingerprint density at radius 3 is 2.45 bits per heavy atom. The van der Waals surface area contributed by atoms with E-state index in [9.17, 15) is 9.59 Å². The van der Waals surface area contributed by atoms with Crippen LogP contribution in [0.2, 0.25) is 0 Å². The second kappa shape index (κ2) is 9.25. The Kier molecular flexibility index (Phi) is 6.73. The van der Waals surface area contributed by atoms with Gasteiger partial charge in [-0.25, -0.2) is 0 Å². The summed E-state index contributed by atoms with van der Waals surface area (Å²) in [6, 6.07) is 17.6. The van der Waals surface area contributed by atoms with Crippen molar-refractivity contribution in [3.8, 4) is 0 Å². The third-order valence-electron chi connectivity index (χ3n) is 6.01. The maximum absolute atomic E-state index is 13.2. The molecular formula is C25H31NO3. The van der Waals surface area contributed by atoms with Crippen molar-refractivity contribution in [3.05, 3.63) is 65.7 Å².